The van der Waals surface area contributed by atoms with E-state index in [9.17, 15) is 4.79 Å². The van der Waals surface area contributed by atoms with Gasteiger partial charge in [-0.15, -0.1) is 0 Å². The van der Waals surface area contributed by atoms with E-state index in [0.717, 1.165) is 30.7 Å². The average Bonchev–Trinajstić information content (AvgIpc) is 2.97. The first-order chi connectivity index (χ1) is 13.7. The summed E-state index contributed by atoms with van der Waals surface area (Å²) >= 11 is 0. The molecule has 0 radical (unpaired) electrons. The number of benzene rings is 1. The highest BCUT2D eigenvalue weighted by Crippen LogP contribution is 2.31. The van der Waals surface area contributed by atoms with Gasteiger partial charge in [-0.25, -0.2) is 4.79 Å². The van der Waals surface area contributed by atoms with Crippen molar-refractivity contribution in [3.63, 3.8) is 0 Å². The highest BCUT2D eigenvalue weighted by Gasteiger charge is 2.24. The molecule has 1 aromatic heterocycles. The van der Waals surface area contributed by atoms with Crippen LogP contribution in [0, 0.1) is 0 Å². The summed E-state index contributed by atoms with van der Waals surface area (Å²) in [6.45, 7) is 6.44. The Balaban J connectivity index is 1.71. The number of rotatable bonds is 10. The van der Waals surface area contributed by atoms with Crippen molar-refractivity contribution in [3.8, 4) is 0 Å². The summed E-state index contributed by atoms with van der Waals surface area (Å²) in [5.74, 6) is -0.234. The van der Waals surface area contributed by atoms with E-state index in [1.165, 1.54) is 55.9 Å². The fourth-order valence-electron chi connectivity index (χ4n) is 4.07. The molecule has 1 aromatic carbocycles. The van der Waals surface area contributed by atoms with E-state index in [1.54, 1.807) is 0 Å². The van der Waals surface area contributed by atoms with Gasteiger partial charge in [-0.2, -0.15) is 0 Å². The Labute approximate surface area is 169 Å². The number of hydrogen-bond donors (Lipinski definition) is 1. The molecule has 0 atom stereocenters. The minimum Gasteiger partial charge on any atom is -0.462 e. The molecule has 3 rings (SSSR count). The second-order valence-electron chi connectivity index (χ2n) is 7.69. The first-order valence-electron chi connectivity index (χ1n) is 11.0. The monoisotopic (exact) mass is 382 g/mol. The van der Waals surface area contributed by atoms with Gasteiger partial charge in [-0.3, -0.25) is 0 Å². The molecule has 1 aliphatic heterocycles. The summed E-state index contributed by atoms with van der Waals surface area (Å²) in [5, 5.41) is 1.21. The zero-order valence-corrected chi connectivity index (χ0v) is 17.4. The maximum atomic E-state index is 12.7. The lowest BCUT2D eigenvalue weighted by molar-refractivity contribution is -0.136. The van der Waals surface area contributed by atoms with Crippen LogP contribution in [0.2, 0.25) is 0 Å². The van der Waals surface area contributed by atoms with Gasteiger partial charge >= 0.3 is 5.97 Å². The minimum atomic E-state index is -0.234. The number of aromatic amines is 1. The summed E-state index contributed by atoms with van der Waals surface area (Å²) in [6, 6.07) is 8.30. The Hall–Kier alpha value is -2.23. The van der Waals surface area contributed by atoms with Crippen molar-refractivity contribution >= 4 is 22.4 Å². The minimum absolute atomic E-state index is 0.234. The Morgan fingerprint density at radius 1 is 1.07 bits per heavy atom. The molecule has 4 nitrogen and oxygen atoms in total. The smallest absolute Gasteiger partial charge is 0.341 e. The van der Waals surface area contributed by atoms with E-state index >= 15 is 0 Å². The van der Waals surface area contributed by atoms with Crippen LogP contribution in [0.15, 0.2) is 30.5 Å². The number of ether oxygens (including phenoxy) is 1. The fourth-order valence-corrected chi connectivity index (χ4v) is 4.07. The maximum Gasteiger partial charge on any atom is 0.341 e. The summed E-state index contributed by atoms with van der Waals surface area (Å²) in [4.78, 5) is 18.4. The van der Waals surface area contributed by atoms with Crippen LogP contribution in [-0.4, -0.2) is 35.5 Å². The van der Waals surface area contributed by atoms with Gasteiger partial charge in [-0.1, -0.05) is 63.6 Å². The van der Waals surface area contributed by atoms with Crippen LogP contribution in [0.5, 0.6) is 0 Å². The lowest BCUT2D eigenvalue weighted by Gasteiger charge is -2.19. The molecule has 0 fully saturated rings. The molecule has 4 heteroatoms. The third kappa shape index (κ3) is 4.98. The molecule has 0 amide bonds. The largest absolute Gasteiger partial charge is 0.462 e. The predicted octanol–water partition coefficient (Wildman–Crippen LogP) is 5.68. The topological polar surface area (TPSA) is 45.3 Å². The zero-order chi connectivity index (χ0) is 19.8. The molecule has 2 heterocycles. The van der Waals surface area contributed by atoms with E-state index in [0.29, 0.717) is 12.2 Å². The van der Waals surface area contributed by atoms with Crippen molar-refractivity contribution in [1.82, 2.24) is 9.88 Å². The van der Waals surface area contributed by atoms with Crippen LogP contribution in [-0.2, 0) is 16.0 Å². The van der Waals surface area contributed by atoms with Crippen molar-refractivity contribution in [3.05, 3.63) is 41.7 Å². The number of nitrogens with one attached hydrogen (secondary N) is 1. The number of para-hydroxylation sites is 1. The summed E-state index contributed by atoms with van der Waals surface area (Å²) in [5.41, 5.74) is 3.91. The lowest BCUT2D eigenvalue weighted by Crippen LogP contribution is -2.21. The van der Waals surface area contributed by atoms with Crippen LogP contribution in [0.4, 0.5) is 0 Å². The quantitative estimate of drug-likeness (QED) is 0.425. The van der Waals surface area contributed by atoms with Gasteiger partial charge < -0.3 is 14.6 Å². The first-order valence-corrected chi connectivity index (χ1v) is 11.0. The van der Waals surface area contributed by atoms with Gasteiger partial charge in [0, 0.05) is 30.2 Å². The zero-order valence-electron chi connectivity index (χ0n) is 17.4. The molecule has 152 valence electrons. The molecular formula is C24H34N2O2. The fraction of sp³-hybridized carbons (Fsp3) is 0.542. The molecule has 0 unspecified atom stereocenters. The van der Waals surface area contributed by atoms with E-state index in [-0.39, 0.29) is 5.97 Å². The Bertz CT molecular complexity index is 806. The number of unbranched alkanes of at least 4 members (excludes halogenated alkanes) is 6. The van der Waals surface area contributed by atoms with Crippen LogP contribution < -0.4 is 0 Å². The number of carbonyl (C=O) groups excluding carboxylic acids is 1. The van der Waals surface area contributed by atoms with E-state index < -0.39 is 0 Å². The third-order valence-corrected chi connectivity index (χ3v) is 5.59. The van der Waals surface area contributed by atoms with E-state index in [2.05, 4.69) is 35.0 Å². The number of fused-ring (bicyclic) bond motifs is 3. The summed E-state index contributed by atoms with van der Waals surface area (Å²) in [6.07, 6.45) is 12.1. The number of nitrogens with zero attached hydrogens (tertiary/aromatic N) is 1. The van der Waals surface area contributed by atoms with Crippen molar-refractivity contribution in [2.24, 2.45) is 0 Å². The van der Waals surface area contributed by atoms with Crippen LogP contribution >= 0.6 is 0 Å². The molecule has 1 N–H and O–H groups in total. The highest BCUT2D eigenvalue weighted by molar-refractivity contribution is 6.17. The molecule has 0 saturated carbocycles. The maximum absolute atomic E-state index is 12.7. The molecule has 0 saturated heterocycles. The molecule has 1 aliphatic rings. The van der Waals surface area contributed by atoms with Gasteiger partial charge in [0.25, 0.3) is 0 Å². The van der Waals surface area contributed by atoms with Gasteiger partial charge in [0.05, 0.1) is 17.9 Å². The SMILES string of the molecule is CCCCCCCCCN1C=C(C(=O)OCC)c2[nH]c3ccccc3c2CC1. The number of H-pyrrole nitrogens is 1. The Morgan fingerprint density at radius 3 is 2.61 bits per heavy atom. The molecule has 0 aliphatic carbocycles. The third-order valence-electron chi connectivity index (χ3n) is 5.59. The Morgan fingerprint density at radius 2 is 1.82 bits per heavy atom. The van der Waals surface area contributed by atoms with E-state index in [1.807, 2.05) is 19.2 Å². The molecule has 0 bridgehead atoms. The summed E-state index contributed by atoms with van der Waals surface area (Å²) in [7, 11) is 0. The van der Waals surface area contributed by atoms with Crippen LogP contribution in [0.1, 0.15) is 70.1 Å². The second-order valence-corrected chi connectivity index (χ2v) is 7.69. The second kappa shape index (κ2) is 10.4. The van der Waals surface area contributed by atoms with Crippen molar-refractivity contribution in [2.45, 2.75) is 65.2 Å². The predicted molar refractivity (Wildman–Crippen MR) is 116 cm³/mol. The summed E-state index contributed by atoms with van der Waals surface area (Å²) < 4.78 is 5.36. The van der Waals surface area contributed by atoms with Gasteiger partial charge in [0.2, 0.25) is 0 Å². The van der Waals surface area contributed by atoms with Crippen LogP contribution in [0.25, 0.3) is 16.5 Å². The average molecular weight is 383 g/mol. The van der Waals surface area contributed by atoms with Crippen LogP contribution in [0.3, 0.4) is 0 Å². The first kappa shape index (κ1) is 20.5. The van der Waals surface area contributed by atoms with Crippen molar-refractivity contribution < 1.29 is 9.53 Å². The number of aromatic nitrogens is 1. The molecule has 2 aromatic rings. The van der Waals surface area contributed by atoms with E-state index in [4.69, 9.17) is 4.74 Å². The molecule has 0 spiro atoms. The standard InChI is InChI=1S/C24H34N2O2/c1-3-5-6-7-8-9-12-16-26-17-15-20-19-13-10-11-14-22(19)25-23(20)21(18-26)24(27)28-4-2/h10-11,13-14,18,25H,3-9,12,15-17H2,1-2H3. The number of hydrogen-bond acceptors (Lipinski definition) is 3. The molecule has 28 heavy (non-hydrogen) atoms. The van der Waals surface area contributed by atoms with Gasteiger partial charge in [0.15, 0.2) is 0 Å². The highest BCUT2D eigenvalue weighted by atomic mass is 16.5. The normalized spacial score (nSPS) is 13.9. The Kier molecular flexibility index (Phi) is 7.58. The van der Waals surface area contributed by atoms with Gasteiger partial charge in [0.1, 0.15) is 0 Å². The number of esters is 1. The lowest BCUT2D eigenvalue weighted by atomic mass is 10.0. The van der Waals surface area contributed by atoms with Crippen molar-refractivity contribution in [2.75, 3.05) is 19.7 Å². The molecular weight excluding hydrogens is 348 g/mol. The van der Waals surface area contributed by atoms with Gasteiger partial charge in [-0.05, 0) is 31.4 Å². The number of carbonyl (C=O) groups is 1. The van der Waals surface area contributed by atoms with Crippen molar-refractivity contribution in [1.29, 1.82) is 0 Å².